The van der Waals surface area contributed by atoms with E-state index in [2.05, 4.69) is 25.9 Å². The lowest BCUT2D eigenvalue weighted by Gasteiger charge is -2.15. The van der Waals surface area contributed by atoms with Gasteiger partial charge in [0.15, 0.2) is 0 Å². The Hall–Kier alpha value is -1.73. The molecular formula is C13H13BrFN3O2. The minimum atomic E-state index is -0.657. The first-order valence-electron chi connectivity index (χ1n) is 5.71. The third kappa shape index (κ3) is 3.05. The van der Waals surface area contributed by atoms with Gasteiger partial charge in [-0.2, -0.15) is 4.98 Å². The lowest BCUT2D eigenvalue weighted by Crippen LogP contribution is -2.16. The van der Waals surface area contributed by atoms with Crippen molar-refractivity contribution in [3.63, 3.8) is 0 Å². The molecule has 0 saturated heterocycles. The molecule has 1 unspecified atom stereocenters. The number of aromatic nitrogens is 2. The first-order chi connectivity index (χ1) is 9.55. The Bertz CT molecular complexity index is 604. The molecule has 2 aromatic rings. The SMILES string of the molecule is COc1cnc(C(N)c2cc(F)cc(Br)c2)c(OC)n1. The highest BCUT2D eigenvalue weighted by Gasteiger charge is 2.19. The third-order valence-electron chi connectivity index (χ3n) is 2.69. The fourth-order valence-electron chi connectivity index (χ4n) is 1.74. The van der Waals surface area contributed by atoms with Gasteiger partial charge in [-0.25, -0.2) is 9.37 Å². The topological polar surface area (TPSA) is 70.3 Å². The number of nitrogens with two attached hydrogens (primary N) is 1. The molecule has 1 heterocycles. The summed E-state index contributed by atoms with van der Waals surface area (Å²) in [5.41, 5.74) is 7.08. The molecule has 7 heteroatoms. The first-order valence-corrected chi connectivity index (χ1v) is 6.51. The molecule has 0 spiro atoms. The van der Waals surface area contributed by atoms with Crippen LogP contribution in [0.3, 0.4) is 0 Å². The van der Waals surface area contributed by atoms with Crippen molar-refractivity contribution in [1.29, 1.82) is 0 Å². The van der Waals surface area contributed by atoms with Crippen molar-refractivity contribution in [2.75, 3.05) is 14.2 Å². The Morgan fingerprint density at radius 3 is 2.60 bits per heavy atom. The fraction of sp³-hybridized carbons (Fsp3) is 0.231. The average molecular weight is 342 g/mol. The summed E-state index contributed by atoms with van der Waals surface area (Å²) in [7, 11) is 2.94. The summed E-state index contributed by atoms with van der Waals surface area (Å²) in [5, 5.41) is 0. The number of halogens is 2. The number of methoxy groups -OCH3 is 2. The van der Waals surface area contributed by atoms with Crippen molar-refractivity contribution in [2.24, 2.45) is 5.73 Å². The van der Waals surface area contributed by atoms with E-state index in [1.807, 2.05) is 0 Å². The van der Waals surface area contributed by atoms with E-state index >= 15 is 0 Å². The molecule has 0 fully saturated rings. The van der Waals surface area contributed by atoms with E-state index in [-0.39, 0.29) is 11.7 Å². The maximum atomic E-state index is 13.4. The zero-order valence-corrected chi connectivity index (χ0v) is 12.5. The van der Waals surface area contributed by atoms with Crippen LogP contribution >= 0.6 is 15.9 Å². The summed E-state index contributed by atoms with van der Waals surface area (Å²) < 4.78 is 24.2. The molecule has 5 nitrogen and oxygen atoms in total. The van der Waals surface area contributed by atoms with Crippen LogP contribution in [0.15, 0.2) is 28.9 Å². The van der Waals surface area contributed by atoms with Gasteiger partial charge in [0.2, 0.25) is 11.8 Å². The molecule has 2 N–H and O–H groups in total. The van der Waals surface area contributed by atoms with Gasteiger partial charge < -0.3 is 15.2 Å². The van der Waals surface area contributed by atoms with E-state index in [0.29, 0.717) is 21.6 Å². The maximum Gasteiger partial charge on any atom is 0.240 e. The van der Waals surface area contributed by atoms with Crippen LogP contribution in [0.4, 0.5) is 4.39 Å². The predicted molar refractivity (Wildman–Crippen MR) is 75.3 cm³/mol. The Kier molecular flexibility index (Phi) is 4.51. The Balaban J connectivity index is 2.44. The number of rotatable bonds is 4. The van der Waals surface area contributed by atoms with Crippen LogP contribution < -0.4 is 15.2 Å². The van der Waals surface area contributed by atoms with Crippen molar-refractivity contribution in [1.82, 2.24) is 9.97 Å². The van der Waals surface area contributed by atoms with Gasteiger partial charge >= 0.3 is 0 Å². The highest BCUT2D eigenvalue weighted by Crippen LogP contribution is 2.28. The summed E-state index contributed by atoms with van der Waals surface area (Å²) in [5.74, 6) is 0.181. The molecule has 0 bridgehead atoms. The molecular weight excluding hydrogens is 329 g/mol. The monoisotopic (exact) mass is 341 g/mol. The van der Waals surface area contributed by atoms with Crippen molar-refractivity contribution >= 4 is 15.9 Å². The molecule has 0 radical (unpaired) electrons. The maximum absolute atomic E-state index is 13.4. The van der Waals surface area contributed by atoms with E-state index in [1.165, 1.54) is 32.5 Å². The lowest BCUT2D eigenvalue weighted by molar-refractivity contribution is 0.355. The van der Waals surface area contributed by atoms with Crippen LogP contribution in [0.25, 0.3) is 0 Å². The van der Waals surface area contributed by atoms with Crippen LogP contribution in [0.1, 0.15) is 17.3 Å². The first kappa shape index (κ1) is 14.7. The number of benzene rings is 1. The van der Waals surface area contributed by atoms with Crippen LogP contribution in [0.5, 0.6) is 11.8 Å². The van der Waals surface area contributed by atoms with Crippen molar-refractivity contribution in [2.45, 2.75) is 6.04 Å². The highest BCUT2D eigenvalue weighted by molar-refractivity contribution is 9.10. The normalized spacial score (nSPS) is 12.1. The van der Waals surface area contributed by atoms with Crippen LogP contribution in [0, 0.1) is 5.82 Å². The summed E-state index contributed by atoms with van der Waals surface area (Å²) in [6.45, 7) is 0. The predicted octanol–water partition coefficient (Wildman–Crippen LogP) is 2.44. The van der Waals surface area contributed by atoms with Crippen LogP contribution in [0.2, 0.25) is 0 Å². The Morgan fingerprint density at radius 1 is 1.25 bits per heavy atom. The number of hydrogen-bond acceptors (Lipinski definition) is 5. The average Bonchev–Trinajstić information content (AvgIpc) is 2.44. The molecule has 0 saturated carbocycles. The lowest BCUT2D eigenvalue weighted by atomic mass is 10.0. The zero-order chi connectivity index (χ0) is 14.7. The van der Waals surface area contributed by atoms with Crippen LogP contribution in [-0.4, -0.2) is 24.2 Å². The minimum absolute atomic E-state index is 0.247. The van der Waals surface area contributed by atoms with Crippen molar-refractivity contribution < 1.29 is 13.9 Å². The van der Waals surface area contributed by atoms with Crippen LogP contribution in [-0.2, 0) is 0 Å². The molecule has 0 aliphatic heterocycles. The third-order valence-corrected chi connectivity index (χ3v) is 3.14. The minimum Gasteiger partial charge on any atom is -0.480 e. The van der Waals surface area contributed by atoms with E-state index in [0.717, 1.165) is 0 Å². The van der Waals surface area contributed by atoms with Crippen molar-refractivity contribution in [3.05, 3.63) is 45.9 Å². The molecule has 20 heavy (non-hydrogen) atoms. The molecule has 1 atom stereocenters. The van der Waals surface area contributed by atoms with E-state index < -0.39 is 6.04 Å². The van der Waals surface area contributed by atoms with Gasteiger partial charge in [-0.05, 0) is 23.8 Å². The molecule has 0 aliphatic rings. The Morgan fingerprint density at radius 2 is 2.00 bits per heavy atom. The second-order valence-electron chi connectivity index (χ2n) is 3.99. The quantitative estimate of drug-likeness (QED) is 0.924. The van der Waals surface area contributed by atoms with Gasteiger partial charge in [-0.3, -0.25) is 0 Å². The molecule has 1 aromatic heterocycles. The van der Waals surface area contributed by atoms with E-state index in [9.17, 15) is 4.39 Å². The fourth-order valence-corrected chi connectivity index (χ4v) is 2.22. The molecule has 0 aliphatic carbocycles. The van der Waals surface area contributed by atoms with Gasteiger partial charge in [0, 0.05) is 4.47 Å². The van der Waals surface area contributed by atoms with Gasteiger partial charge in [0.05, 0.1) is 26.5 Å². The number of hydrogen-bond donors (Lipinski definition) is 1. The zero-order valence-electron chi connectivity index (χ0n) is 10.9. The largest absolute Gasteiger partial charge is 0.480 e. The molecule has 1 aromatic carbocycles. The second-order valence-corrected chi connectivity index (χ2v) is 4.90. The standard InChI is InChI=1S/C13H13BrFN3O2/c1-19-10-6-17-12(13(18-10)20-2)11(16)7-3-8(14)5-9(15)4-7/h3-6,11H,16H2,1-2H3. The van der Waals surface area contributed by atoms with Gasteiger partial charge in [0.25, 0.3) is 0 Å². The van der Waals surface area contributed by atoms with Gasteiger partial charge in [-0.1, -0.05) is 15.9 Å². The molecule has 106 valence electrons. The summed E-state index contributed by atoms with van der Waals surface area (Å²) in [6, 6.07) is 3.77. The molecule has 2 rings (SSSR count). The van der Waals surface area contributed by atoms with E-state index in [4.69, 9.17) is 15.2 Å². The Labute approximate surface area is 124 Å². The molecule has 0 amide bonds. The summed E-state index contributed by atoms with van der Waals surface area (Å²) in [4.78, 5) is 8.29. The van der Waals surface area contributed by atoms with Gasteiger partial charge in [0.1, 0.15) is 11.5 Å². The van der Waals surface area contributed by atoms with Crippen molar-refractivity contribution in [3.8, 4) is 11.8 Å². The van der Waals surface area contributed by atoms with Gasteiger partial charge in [-0.15, -0.1) is 0 Å². The number of nitrogens with zero attached hydrogens (tertiary/aromatic N) is 2. The second kappa shape index (κ2) is 6.15. The number of ether oxygens (including phenoxy) is 2. The highest BCUT2D eigenvalue weighted by atomic mass is 79.9. The summed E-state index contributed by atoms with van der Waals surface area (Å²) >= 11 is 3.23. The smallest absolute Gasteiger partial charge is 0.240 e. The summed E-state index contributed by atoms with van der Waals surface area (Å²) in [6.07, 6.45) is 1.44. The van der Waals surface area contributed by atoms with E-state index in [1.54, 1.807) is 6.07 Å².